The normalized spacial score (nSPS) is 16.8. The summed E-state index contributed by atoms with van der Waals surface area (Å²) in [5.74, 6) is 3.42. The number of imidazole rings is 1. The molecule has 1 unspecified atom stereocenters. The molecule has 1 amide bonds. The van der Waals surface area contributed by atoms with Gasteiger partial charge in [-0.25, -0.2) is 4.98 Å². The number of ether oxygens (including phenoxy) is 3. The van der Waals surface area contributed by atoms with Gasteiger partial charge >= 0.3 is 0 Å². The molecule has 4 aromatic rings. The van der Waals surface area contributed by atoms with E-state index in [4.69, 9.17) is 19.2 Å². The third kappa shape index (κ3) is 4.04. The van der Waals surface area contributed by atoms with Crippen LogP contribution in [0.2, 0.25) is 0 Å². The molecule has 2 aliphatic heterocycles. The number of hydrogen-bond acceptors (Lipinski definition) is 5. The van der Waals surface area contributed by atoms with Crippen LogP contribution in [0.1, 0.15) is 35.7 Å². The molecule has 3 aromatic carbocycles. The molecule has 1 aromatic heterocycles. The van der Waals surface area contributed by atoms with Gasteiger partial charge in [-0.05, 0) is 55.7 Å². The average molecular weight is 484 g/mol. The van der Waals surface area contributed by atoms with Gasteiger partial charge < -0.3 is 23.7 Å². The first-order valence-electron chi connectivity index (χ1n) is 12.4. The summed E-state index contributed by atoms with van der Waals surface area (Å²) in [6.45, 7) is 6.34. The van der Waals surface area contributed by atoms with Crippen molar-refractivity contribution in [2.45, 2.75) is 39.2 Å². The van der Waals surface area contributed by atoms with Crippen LogP contribution in [0.5, 0.6) is 17.2 Å². The van der Waals surface area contributed by atoms with E-state index in [0.717, 1.165) is 52.4 Å². The Labute approximate surface area is 210 Å². The van der Waals surface area contributed by atoms with Gasteiger partial charge in [0.1, 0.15) is 11.6 Å². The maximum absolute atomic E-state index is 13.1. The van der Waals surface area contributed by atoms with Crippen molar-refractivity contribution in [2.24, 2.45) is 0 Å². The Morgan fingerprint density at radius 1 is 1.00 bits per heavy atom. The highest BCUT2D eigenvalue weighted by Gasteiger charge is 2.35. The van der Waals surface area contributed by atoms with Crippen molar-refractivity contribution >= 4 is 22.6 Å². The maximum atomic E-state index is 13.1. The highest BCUT2D eigenvalue weighted by molar-refractivity contribution is 5.97. The smallest absolute Gasteiger partial charge is 0.231 e. The summed E-state index contributed by atoms with van der Waals surface area (Å²) in [6, 6.07) is 20.1. The van der Waals surface area contributed by atoms with Gasteiger partial charge in [0, 0.05) is 37.2 Å². The second-order valence-corrected chi connectivity index (χ2v) is 9.48. The van der Waals surface area contributed by atoms with Gasteiger partial charge in [-0.15, -0.1) is 0 Å². The van der Waals surface area contributed by atoms with Gasteiger partial charge in [-0.1, -0.05) is 30.3 Å². The first kappa shape index (κ1) is 22.5. The molecule has 7 heteroatoms. The summed E-state index contributed by atoms with van der Waals surface area (Å²) >= 11 is 0. The molecule has 0 bridgehead atoms. The molecule has 3 heterocycles. The van der Waals surface area contributed by atoms with E-state index < -0.39 is 0 Å². The minimum absolute atomic E-state index is 0.00912. The van der Waals surface area contributed by atoms with E-state index in [1.807, 2.05) is 41.3 Å². The van der Waals surface area contributed by atoms with Crippen LogP contribution in [0.3, 0.4) is 0 Å². The first-order valence-corrected chi connectivity index (χ1v) is 12.4. The SMILES string of the molecule is Cc1cccc(C)c1OCCCn1c(C2CC(=O)N(c3ccc4c(c3)OCO4)C2)nc2ccccc21. The molecule has 0 aliphatic carbocycles. The van der Waals surface area contributed by atoms with Crippen molar-refractivity contribution in [2.75, 3.05) is 24.8 Å². The number of aryl methyl sites for hydroxylation is 3. The zero-order chi connectivity index (χ0) is 24.6. The van der Waals surface area contributed by atoms with E-state index in [9.17, 15) is 4.79 Å². The molecule has 1 saturated heterocycles. The van der Waals surface area contributed by atoms with E-state index in [-0.39, 0.29) is 18.6 Å². The van der Waals surface area contributed by atoms with E-state index >= 15 is 0 Å². The quantitative estimate of drug-likeness (QED) is 0.331. The summed E-state index contributed by atoms with van der Waals surface area (Å²) in [5.41, 5.74) is 5.18. The van der Waals surface area contributed by atoms with E-state index in [1.54, 1.807) is 0 Å². The van der Waals surface area contributed by atoms with Crippen LogP contribution in [0, 0.1) is 13.8 Å². The number of fused-ring (bicyclic) bond motifs is 2. The van der Waals surface area contributed by atoms with Crippen LogP contribution >= 0.6 is 0 Å². The van der Waals surface area contributed by atoms with E-state index in [0.29, 0.717) is 31.1 Å². The number of hydrogen-bond donors (Lipinski definition) is 0. The maximum Gasteiger partial charge on any atom is 0.231 e. The number of nitrogens with zero attached hydrogens (tertiary/aromatic N) is 3. The fraction of sp³-hybridized carbons (Fsp3) is 0.310. The summed E-state index contributed by atoms with van der Waals surface area (Å²) in [6.07, 6.45) is 1.27. The van der Waals surface area contributed by atoms with Crippen molar-refractivity contribution < 1.29 is 19.0 Å². The highest BCUT2D eigenvalue weighted by atomic mass is 16.7. The van der Waals surface area contributed by atoms with Gasteiger partial charge in [0.2, 0.25) is 12.7 Å². The molecule has 0 radical (unpaired) electrons. The average Bonchev–Trinajstić information content (AvgIpc) is 3.59. The fourth-order valence-electron chi connectivity index (χ4n) is 5.25. The van der Waals surface area contributed by atoms with Crippen LogP contribution in [-0.2, 0) is 11.3 Å². The molecule has 184 valence electrons. The van der Waals surface area contributed by atoms with Crippen LogP contribution < -0.4 is 19.1 Å². The molecule has 2 aliphatic rings. The predicted octanol–water partition coefficient (Wildman–Crippen LogP) is 5.37. The zero-order valence-corrected chi connectivity index (χ0v) is 20.6. The van der Waals surface area contributed by atoms with Crippen LogP contribution in [0.25, 0.3) is 11.0 Å². The number of benzene rings is 3. The number of para-hydroxylation sites is 3. The largest absolute Gasteiger partial charge is 0.493 e. The van der Waals surface area contributed by atoms with Crippen LogP contribution in [-0.4, -0.2) is 35.4 Å². The third-order valence-electron chi connectivity index (χ3n) is 7.02. The van der Waals surface area contributed by atoms with Gasteiger partial charge in [0.05, 0.1) is 17.6 Å². The number of anilines is 1. The number of rotatable bonds is 7. The van der Waals surface area contributed by atoms with Crippen molar-refractivity contribution in [3.05, 3.63) is 77.6 Å². The standard InChI is InChI=1S/C29H29N3O4/c1-19-7-5-8-20(2)28(19)34-14-6-13-31-24-10-4-3-9-23(24)30-29(31)21-15-27(33)32(17-21)22-11-12-25-26(16-22)36-18-35-25/h3-5,7-12,16,21H,6,13-15,17-18H2,1-2H3. The Morgan fingerprint density at radius 2 is 1.81 bits per heavy atom. The lowest BCUT2D eigenvalue weighted by Crippen LogP contribution is -2.24. The molecule has 7 nitrogen and oxygen atoms in total. The number of carbonyl (C=O) groups is 1. The molecule has 36 heavy (non-hydrogen) atoms. The summed E-state index contributed by atoms with van der Waals surface area (Å²) < 4.78 is 19.4. The molecular formula is C29H29N3O4. The number of carbonyl (C=O) groups excluding carboxylic acids is 1. The summed E-state index contributed by atoms with van der Waals surface area (Å²) in [5, 5.41) is 0. The molecule has 1 fully saturated rings. The minimum atomic E-state index is 0.00912. The molecule has 0 saturated carbocycles. The van der Waals surface area contributed by atoms with Crippen molar-refractivity contribution in [3.8, 4) is 17.2 Å². The van der Waals surface area contributed by atoms with Crippen molar-refractivity contribution in [1.82, 2.24) is 9.55 Å². The Bertz CT molecular complexity index is 1420. The molecule has 0 spiro atoms. The lowest BCUT2D eigenvalue weighted by molar-refractivity contribution is -0.117. The Hall–Kier alpha value is -4.00. The van der Waals surface area contributed by atoms with Gasteiger partial charge in [-0.2, -0.15) is 0 Å². The van der Waals surface area contributed by atoms with Crippen molar-refractivity contribution in [1.29, 1.82) is 0 Å². The fourth-order valence-corrected chi connectivity index (χ4v) is 5.25. The topological polar surface area (TPSA) is 65.8 Å². The minimum Gasteiger partial charge on any atom is -0.493 e. The summed E-state index contributed by atoms with van der Waals surface area (Å²) in [7, 11) is 0. The second kappa shape index (κ2) is 9.22. The third-order valence-corrected chi connectivity index (χ3v) is 7.02. The zero-order valence-electron chi connectivity index (χ0n) is 20.6. The van der Waals surface area contributed by atoms with Gasteiger partial charge in [-0.3, -0.25) is 4.79 Å². The van der Waals surface area contributed by atoms with Crippen LogP contribution in [0.4, 0.5) is 5.69 Å². The van der Waals surface area contributed by atoms with Crippen LogP contribution in [0.15, 0.2) is 60.7 Å². The predicted molar refractivity (Wildman–Crippen MR) is 138 cm³/mol. The van der Waals surface area contributed by atoms with Gasteiger partial charge in [0.25, 0.3) is 0 Å². The lowest BCUT2D eigenvalue weighted by Gasteiger charge is -2.18. The Kier molecular flexibility index (Phi) is 5.76. The van der Waals surface area contributed by atoms with Crippen molar-refractivity contribution in [3.63, 3.8) is 0 Å². The van der Waals surface area contributed by atoms with E-state index in [1.165, 1.54) is 0 Å². The molecular weight excluding hydrogens is 454 g/mol. The molecule has 0 N–H and O–H groups in total. The molecule has 1 atom stereocenters. The monoisotopic (exact) mass is 483 g/mol. The molecule has 6 rings (SSSR count). The Balaban J connectivity index is 1.22. The summed E-state index contributed by atoms with van der Waals surface area (Å²) in [4.78, 5) is 19.9. The first-order chi connectivity index (χ1) is 17.6. The Morgan fingerprint density at radius 3 is 2.67 bits per heavy atom. The number of aromatic nitrogens is 2. The lowest BCUT2D eigenvalue weighted by atomic mass is 10.1. The van der Waals surface area contributed by atoms with Gasteiger partial charge in [0.15, 0.2) is 11.5 Å². The van der Waals surface area contributed by atoms with E-state index in [2.05, 4.69) is 42.7 Å². The number of amides is 1. The second-order valence-electron chi connectivity index (χ2n) is 9.48. The highest BCUT2D eigenvalue weighted by Crippen LogP contribution is 2.39.